The van der Waals surface area contributed by atoms with Crippen LogP contribution < -0.4 is 15.0 Å². The van der Waals surface area contributed by atoms with Crippen LogP contribution in [-0.2, 0) is 25.5 Å². The third-order valence-corrected chi connectivity index (χ3v) is 4.54. The molecule has 1 heterocycles. The number of nitrogens with zero attached hydrogens (tertiary/aromatic N) is 1. The third-order valence-electron chi connectivity index (χ3n) is 4.31. The van der Waals surface area contributed by atoms with Gasteiger partial charge in [0.2, 0.25) is 5.91 Å². The summed E-state index contributed by atoms with van der Waals surface area (Å²) in [5.41, 5.74) is 1.51. The molecule has 0 unspecified atom stereocenters. The summed E-state index contributed by atoms with van der Waals surface area (Å²) in [6, 6.07) is 14.3. The average molecular weight is 417 g/mol. The van der Waals surface area contributed by atoms with Crippen LogP contribution in [0, 0.1) is 0 Å². The summed E-state index contributed by atoms with van der Waals surface area (Å²) < 4.78 is 10.6. The number of amides is 2. The number of ether oxygens (including phenoxy) is 2. The van der Waals surface area contributed by atoms with Crippen molar-refractivity contribution in [2.24, 2.45) is 0 Å². The Morgan fingerprint density at radius 3 is 2.83 bits per heavy atom. The number of carbonyl (C=O) groups excluding carboxylic acids is 3. The molecular weight excluding hydrogens is 396 g/mol. The van der Waals surface area contributed by atoms with Gasteiger partial charge in [-0.1, -0.05) is 35.9 Å². The zero-order valence-electron chi connectivity index (χ0n) is 15.7. The van der Waals surface area contributed by atoms with Crippen molar-refractivity contribution in [1.29, 1.82) is 0 Å². The minimum Gasteiger partial charge on any atom is -0.491 e. The zero-order valence-corrected chi connectivity index (χ0v) is 16.5. The Morgan fingerprint density at radius 2 is 2.00 bits per heavy atom. The van der Waals surface area contributed by atoms with Crippen LogP contribution in [0.15, 0.2) is 48.5 Å². The van der Waals surface area contributed by atoms with Crippen LogP contribution in [0.25, 0.3) is 0 Å². The molecule has 0 atom stereocenters. The minimum atomic E-state index is -0.667. The molecule has 0 bridgehead atoms. The molecule has 0 radical (unpaired) electrons. The van der Waals surface area contributed by atoms with Crippen LogP contribution in [0.2, 0.25) is 5.02 Å². The molecule has 29 heavy (non-hydrogen) atoms. The molecular formula is C21H21ClN2O5. The van der Waals surface area contributed by atoms with E-state index < -0.39 is 18.5 Å². The molecule has 2 amide bonds. The van der Waals surface area contributed by atoms with E-state index in [4.69, 9.17) is 21.1 Å². The molecule has 0 spiro atoms. The van der Waals surface area contributed by atoms with E-state index in [0.717, 1.165) is 5.56 Å². The van der Waals surface area contributed by atoms with Crippen molar-refractivity contribution in [3.63, 3.8) is 0 Å². The molecule has 152 valence electrons. The number of anilines is 1. The number of carbonyl (C=O) groups is 3. The molecule has 0 fully saturated rings. The first-order chi connectivity index (χ1) is 14.0. The summed E-state index contributed by atoms with van der Waals surface area (Å²) >= 11 is 5.92. The van der Waals surface area contributed by atoms with E-state index >= 15 is 0 Å². The molecule has 2 aromatic rings. The number of fused-ring (bicyclic) bond motifs is 1. The molecule has 1 aliphatic heterocycles. The average Bonchev–Trinajstić information content (AvgIpc) is 2.86. The van der Waals surface area contributed by atoms with E-state index in [1.54, 1.807) is 30.3 Å². The number of hydrogen-bond acceptors (Lipinski definition) is 5. The van der Waals surface area contributed by atoms with E-state index in [9.17, 15) is 14.4 Å². The normalized spacial score (nSPS) is 13.1. The van der Waals surface area contributed by atoms with Crippen molar-refractivity contribution < 1.29 is 23.9 Å². The summed E-state index contributed by atoms with van der Waals surface area (Å²) in [6.45, 7) is -0.0496. The number of rotatable bonds is 7. The van der Waals surface area contributed by atoms with Gasteiger partial charge in [0.05, 0.1) is 18.7 Å². The predicted octanol–water partition coefficient (Wildman–Crippen LogP) is 2.36. The van der Waals surface area contributed by atoms with Gasteiger partial charge in [-0.3, -0.25) is 19.3 Å². The Morgan fingerprint density at radius 1 is 1.17 bits per heavy atom. The van der Waals surface area contributed by atoms with Crippen LogP contribution in [-0.4, -0.2) is 44.1 Å². The zero-order chi connectivity index (χ0) is 20.6. The number of benzene rings is 2. The van der Waals surface area contributed by atoms with Crippen molar-refractivity contribution in [2.45, 2.75) is 12.8 Å². The van der Waals surface area contributed by atoms with Gasteiger partial charge in [0, 0.05) is 11.6 Å². The van der Waals surface area contributed by atoms with Crippen molar-refractivity contribution in [3.8, 4) is 5.75 Å². The molecule has 3 rings (SSSR count). The van der Waals surface area contributed by atoms with Crippen molar-refractivity contribution >= 4 is 35.1 Å². The Labute approximate surface area is 173 Å². The van der Waals surface area contributed by atoms with Gasteiger partial charge in [0.25, 0.3) is 5.91 Å². The molecule has 0 saturated carbocycles. The molecule has 0 saturated heterocycles. The van der Waals surface area contributed by atoms with Gasteiger partial charge >= 0.3 is 5.97 Å². The molecule has 1 N–H and O–H groups in total. The second-order valence-corrected chi connectivity index (χ2v) is 6.87. The standard InChI is InChI=1S/C21H21ClN2O5/c22-16-5-3-4-15(12-16)8-10-23-19(25)14-29-21(27)13-24-17-6-1-2-7-18(17)28-11-9-20(24)26/h1-7,12H,8-11,13-14H2,(H,23,25). The third kappa shape index (κ3) is 5.96. The largest absolute Gasteiger partial charge is 0.491 e. The Bertz CT molecular complexity index is 902. The van der Waals surface area contributed by atoms with E-state index in [-0.39, 0.29) is 25.5 Å². The second-order valence-electron chi connectivity index (χ2n) is 6.44. The highest BCUT2D eigenvalue weighted by Crippen LogP contribution is 2.30. The van der Waals surface area contributed by atoms with Gasteiger partial charge in [-0.15, -0.1) is 0 Å². The first-order valence-corrected chi connectivity index (χ1v) is 9.59. The fourth-order valence-corrected chi connectivity index (χ4v) is 3.12. The predicted molar refractivity (Wildman–Crippen MR) is 108 cm³/mol. The monoisotopic (exact) mass is 416 g/mol. The van der Waals surface area contributed by atoms with Gasteiger partial charge < -0.3 is 14.8 Å². The minimum absolute atomic E-state index is 0.159. The molecule has 0 aliphatic carbocycles. The highest BCUT2D eigenvalue weighted by Gasteiger charge is 2.25. The maximum atomic E-state index is 12.3. The van der Waals surface area contributed by atoms with Gasteiger partial charge in [-0.05, 0) is 36.2 Å². The first kappa shape index (κ1) is 20.7. The Hall–Kier alpha value is -3.06. The summed E-state index contributed by atoms with van der Waals surface area (Å²) in [5.74, 6) is -0.783. The van der Waals surface area contributed by atoms with Gasteiger partial charge in [0.1, 0.15) is 12.3 Å². The lowest BCUT2D eigenvalue weighted by molar-refractivity contribution is -0.147. The Balaban J connectivity index is 1.45. The molecule has 2 aromatic carbocycles. The van der Waals surface area contributed by atoms with Crippen molar-refractivity contribution in [1.82, 2.24) is 5.32 Å². The topological polar surface area (TPSA) is 84.9 Å². The smallest absolute Gasteiger partial charge is 0.326 e. The lowest BCUT2D eigenvalue weighted by atomic mass is 10.1. The van der Waals surface area contributed by atoms with Crippen LogP contribution in [0.4, 0.5) is 5.69 Å². The molecule has 0 aromatic heterocycles. The van der Waals surface area contributed by atoms with Crippen LogP contribution in [0.5, 0.6) is 5.75 Å². The number of nitrogens with one attached hydrogen (secondary N) is 1. The second kappa shape index (κ2) is 9.93. The van der Waals surface area contributed by atoms with E-state index in [1.165, 1.54) is 4.90 Å². The number of para-hydroxylation sites is 2. The van der Waals surface area contributed by atoms with Gasteiger partial charge in [0.15, 0.2) is 6.61 Å². The van der Waals surface area contributed by atoms with Crippen LogP contribution in [0.3, 0.4) is 0 Å². The Kier molecular flexibility index (Phi) is 7.08. The number of hydrogen-bond donors (Lipinski definition) is 1. The summed E-state index contributed by atoms with van der Waals surface area (Å²) in [7, 11) is 0. The summed E-state index contributed by atoms with van der Waals surface area (Å²) in [4.78, 5) is 37.7. The van der Waals surface area contributed by atoms with Crippen LogP contribution >= 0.6 is 11.6 Å². The number of halogens is 1. The quantitative estimate of drug-likeness (QED) is 0.700. The summed E-state index contributed by atoms with van der Waals surface area (Å²) in [6.07, 6.45) is 0.769. The van der Waals surface area contributed by atoms with Crippen molar-refractivity contribution in [2.75, 3.05) is 31.2 Å². The van der Waals surface area contributed by atoms with E-state index in [0.29, 0.717) is 29.4 Å². The lowest BCUT2D eigenvalue weighted by Gasteiger charge is -2.20. The molecule has 8 heteroatoms. The van der Waals surface area contributed by atoms with Crippen molar-refractivity contribution in [3.05, 3.63) is 59.1 Å². The molecule has 1 aliphatic rings. The molecule has 7 nitrogen and oxygen atoms in total. The van der Waals surface area contributed by atoms with E-state index in [2.05, 4.69) is 5.32 Å². The van der Waals surface area contributed by atoms with E-state index in [1.807, 2.05) is 18.2 Å². The fraction of sp³-hybridized carbons (Fsp3) is 0.286. The highest BCUT2D eigenvalue weighted by atomic mass is 35.5. The summed E-state index contributed by atoms with van der Waals surface area (Å²) in [5, 5.41) is 3.32. The maximum Gasteiger partial charge on any atom is 0.326 e. The lowest BCUT2D eigenvalue weighted by Crippen LogP contribution is -2.37. The SMILES string of the molecule is O=C(COC(=O)CN1C(=O)CCOc2ccccc21)NCCc1cccc(Cl)c1. The highest BCUT2D eigenvalue weighted by molar-refractivity contribution is 6.30. The first-order valence-electron chi connectivity index (χ1n) is 9.22. The van der Waals surface area contributed by atoms with Gasteiger partial charge in [-0.2, -0.15) is 0 Å². The number of esters is 1. The fourth-order valence-electron chi connectivity index (χ4n) is 2.90. The van der Waals surface area contributed by atoms with Gasteiger partial charge in [-0.25, -0.2) is 0 Å². The maximum absolute atomic E-state index is 12.3. The van der Waals surface area contributed by atoms with Crippen LogP contribution in [0.1, 0.15) is 12.0 Å².